The number of benzene rings is 2. The third-order valence-electron chi connectivity index (χ3n) is 2.61. The van der Waals surface area contributed by atoms with E-state index < -0.39 is 10.0 Å². The van der Waals surface area contributed by atoms with Crippen LogP contribution in [-0.2, 0) is 10.0 Å². The lowest BCUT2D eigenvalue weighted by atomic mass is 10.2. The summed E-state index contributed by atoms with van der Waals surface area (Å²) in [7, 11) is -3.63. The number of hydrogen-bond acceptors (Lipinski definition) is 4. The Bertz CT molecular complexity index is 713. The second-order valence-electron chi connectivity index (χ2n) is 4.17. The van der Waals surface area contributed by atoms with E-state index in [1.165, 1.54) is 18.3 Å². The first-order valence-corrected chi connectivity index (χ1v) is 7.93. The lowest BCUT2D eigenvalue weighted by Crippen LogP contribution is -2.18. The van der Waals surface area contributed by atoms with E-state index in [9.17, 15) is 8.42 Å². The lowest BCUT2D eigenvalue weighted by Gasteiger charge is -2.04. The molecule has 2 rings (SSSR count). The number of rotatable bonds is 6. The van der Waals surface area contributed by atoms with E-state index >= 15 is 0 Å². The molecule has 0 bridgehead atoms. The van der Waals surface area contributed by atoms with Gasteiger partial charge in [-0.2, -0.15) is 13.5 Å². The third-order valence-corrected chi connectivity index (χ3v) is 3.85. The fraction of sp³-hybridized carbons (Fsp3) is 0.133. The summed E-state index contributed by atoms with van der Waals surface area (Å²) >= 11 is 0. The maximum absolute atomic E-state index is 11.9. The van der Waals surface area contributed by atoms with Gasteiger partial charge in [0, 0.05) is 0 Å². The van der Waals surface area contributed by atoms with Gasteiger partial charge in [0.1, 0.15) is 5.75 Å². The average molecular weight is 304 g/mol. The van der Waals surface area contributed by atoms with Crippen molar-refractivity contribution in [1.82, 2.24) is 4.83 Å². The fourth-order valence-corrected chi connectivity index (χ4v) is 2.49. The first kappa shape index (κ1) is 15.1. The van der Waals surface area contributed by atoms with Gasteiger partial charge in [0.25, 0.3) is 10.0 Å². The standard InChI is InChI=1S/C15H16N2O3S/c1-2-20-14-8-6-7-13(11-14)12-16-17-21(18,19)15-9-4-3-5-10-15/h3-12,17H,2H2,1H3/b16-12+. The van der Waals surface area contributed by atoms with Crippen LogP contribution in [-0.4, -0.2) is 21.2 Å². The molecule has 21 heavy (non-hydrogen) atoms. The van der Waals surface area contributed by atoms with Gasteiger partial charge in [0.05, 0.1) is 17.7 Å². The topological polar surface area (TPSA) is 67.8 Å². The summed E-state index contributed by atoms with van der Waals surface area (Å²) < 4.78 is 29.2. The number of hydrazone groups is 1. The molecule has 0 saturated heterocycles. The van der Waals surface area contributed by atoms with Gasteiger partial charge in [-0.15, -0.1) is 0 Å². The van der Waals surface area contributed by atoms with Crippen molar-refractivity contribution in [2.75, 3.05) is 6.61 Å². The van der Waals surface area contributed by atoms with Crippen molar-refractivity contribution in [3.8, 4) is 5.75 Å². The maximum Gasteiger partial charge on any atom is 0.276 e. The highest BCUT2D eigenvalue weighted by atomic mass is 32.2. The minimum absolute atomic E-state index is 0.171. The summed E-state index contributed by atoms with van der Waals surface area (Å²) in [5.41, 5.74) is 0.747. The van der Waals surface area contributed by atoms with Gasteiger partial charge in [-0.05, 0) is 36.8 Å². The van der Waals surface area contributed by atoms with E-state index in [1.807, 2.05) is 25.1 Å². The van der Waals surface area contributed by atoms with Crippen LogP contribution in [0.4, 0.5) is 0 Å². The molecule has 1 N–H and O–H groups in total. The molecule has 0 unspecified atom stereocenters. The van der Waals surface area contributed by atoms with Crippen molar-refractivity contribution in [2.24, 2.45) is 5.10 Å². The van der Waals surface area contributed by atoms with Crippen LogP contribution < -0.4 is 9.57 Å². The zero-order valence-corrected chi connectivity index (χ0v) is 12.4. The van der Waals surface area contributed by atoms with E-state index in [4.69, 9.17) is 4.74 Å². The minimum Gasteiger partial charge on any atom is -0.494 e. The molecule has 0 spiro atoms. The Balaban J connectivity index is 2.07. The number of nitrogens with one attached hydrogen (secondary N) is 1. The molecule has 0 atom stereocenters. The predicted octanol–water partition coefficient (Wildman–Crippen LogP) is 2.40. The van der Waals surface area contributed by atoms with E-state index in [-0.39, 0.29) is 4.90 Å². The number of nitrogens with zero attached hydrogens (tertiary/aromatic N) is 1. The molecule has 5 nitrogen and oxygen atoms in total. The Kier molecular flexibility index (Phi) is 4.94. The zero-order chi connectivity index (χ0) is 15.1. The van der Waals surface area contributed by atoms with E-state index in [0.29, 0.717) is 12.4 Å². The molecule has 0 amide bonds. The van der Waals surface area contributed by atoms with Crippen LogP contribution in [0, 0.1) is 0 Å². The van der Waals surface area contributed by atoms with Gasteiger partial charge in [0.2, 0.25) is 0 Å². The predicted molar refractivity (Wildman–Crippen MR) is 82.0 cm³/mol. The SMILES string of the molecule is CCOc1cccc(/C=N/NS(=O)(=O)c2ccccc2)c1. The van der Waals surface area contributed by atoms with Gasteiger partial charge in [0.15, 0.2) is 0 Å². The summed E-state index contributed by atoms with van der Waals surface area (Å²) in [6.07, 6.45) is 1.43. The molecule has 110 valence electrons. The smallest absolute Gasteiger partial charge is 0.276 e. The third kappa shape index (κ3) is 4.32. The van der Waals surface area contributed by atoms with Crippen LogP contribution in [0.15, 0.2) is 64.6 Å². The zero-order valence-electron chi connectivity index (χ0n) is 11.6. The number of hydrogen-bond donors (Lipinski definition) is 1. The van der Waals surface area contributed by atoms with Gasteiger partial charge in [-0.1, -0.05) is 30.3 Å². The molecule has 0 aliphatic carbocycles. The van der Waals surface area contributed by atoms with Crippen LogP contribution in [0.2, 0.25) is 0 Å². The highest BCUT2D eigenvalue weighted by Gasteiger charge is 2.10. The molecule has 6 heteroatoms. The van der Waals surface area contributed by atoms with Crippen molar-refractivity contribution in [1.29, 1.82) is 0 Å². The molecule has 0 aliphatic rings. The van der Waals surface area contributed by atoms with Crippen molar-refractivity contribution in [3.63, 3.8) is 0 Å². The molecule has 0 heterocycles. The highest BCUT2D eigenvalue weighted by Crippen LogP contribution is 2.12. The Morgan fingerprint density at radius 2 is 1.90 bits per heavy atom. The van der Waals surface area contributed by atoms with Crippen LogP contribution in [0.3, 0.4) is 0 Å². The molecular weight excluding hydrogens is 288 g/mol. The van der Waals surface area contributed by atoms with Gasteiger partial charge in [-0.3, -0.25) is 0 Å². The largest absolute Gasteiger partial charge is 0.494 e. The Morgan fingerprint density at radius 1 is 1.14 bits per heavy atom. The fourth-order valence-electron chi connectivity index (χ4n) is 1.67. The molecule has 0 aromatic heterocycles. The average Bonchev–Trinajstić information content (AvgIpc) is 2.49. The van der Waals surface area contributed by atoms with E-state index in [2.05, 4.69) is 9.93 Å². The van der Waals surface area contributed by atoms with Gasteiger partial charge >= 0.3 is 0 Å². The van der Waals surface area contributed by atoms with Gasteiger partial charge < -0.3 is 4.74 Å². The maximum atomic E-state index is 11.9. The van der Waals surface area contributed by atoms with Crippen molar-refractivity contribution < 1.29 is 13.2 Å². The number of ether oxygens (including phenoxy) is 1. The molecular formula is C15H16N2O3S. The Labute approximate surface area is 124 Å². The molecule has 0 aliphatic heterocycles. The van der Waals surface area contributed by atoms with Crippen LogP contribution >= 0.6 is 0 Å². The molecule has 0 saturated carbocycles. The number of sulfonamides is 1. The molecule has 2 aromatic rings. The summed E-state index contributed by atoms with van der Waals surface area (Å²) in [6.45, 7) is 2.47. The second-order valence-corrected chi connectivity index (χ2v) is 5.83. The molecule has 0 radical (unpaired) electrons. The first-order valence-electron chi connectivity index (χ1n) is 6.44. The molecule has 0 fully saturated rings. The summed E-state index contributed by atoms with van der Waals surface area (Å²) in [4.78, 5) is 2.35. The monoisotopic (exact) mass is 304 g/mol. The van der Waals surface area contributed by atoms with Crippen LogP contribution in [0.5, 0.6) is 5.75 Å². The summed E-state index contributed by atoms with van der Waals surface area (Å²) in [6, 6.07) is 15.3. The Hall–Kier alpha value is -2.34. The summed E-state index contributed by atoms with van der Waals surface area (Å²) in [5.74, 6) is 0.715. The van der Waals surface area contributed by atoms with Crippen molar-refractivity contribution in [2.45, 2.75) is 11.8 Å². The van der Waals surface area contributed by atoms with Crippen LogP contribution in [0.25, 0.3) is 0 Å². The second kappa shape index (κ2) is 6.90. The van der Waals surface area contributed by atoms with Crippen molar-refractivity contribution >= 4 is 16.2 Å². The van der Waals surface area contributed by atoms with Crippen LogP contribution in [0.1, 0.15) is 12.5 Å². The molecule has 2 aromatic carbocycles. The van der Waals surface area contributed by atoms with Gasteiger partial charge in [-0.25, -0.2) is 4.83 Å². The minimum atomic E-state index is -3.63. The normalized spacial score (nSPS) is 11.5. The van der Waals surface area contributed by atoms with Crippen molar-refractivity contribution in [3.05, 3.63) is 60.2 Å². The Morgan fingerprint density at radius 3 is 2.62 bits per heavy atom. The quantitative estimate of drug-likeness (QED) is 0.658. The lowest BCUT2D eigenvalue weighted by molar-refractivity contribution is 0.340. The van der Waals surface area contributed by atoms with E-state index in [0.717, 1.165) is 5.56 Å². The summed E-state index contributed by atoms with van der Waals surface area (Å²) in [5, 5.41) is 3.77. The van der Waals surface area contributed by atoms with E-state index in [1.54, 1.807) is 24.3 Å². The first-order chi connectivity index (χ1) is 10.1. The highest BCUT2D eigenvalue weighted by molar-refractivity contribution is 7.89.